The van der Waals surface area contributed by atoms with Crippen molar-refractivity contribution in [1.29, 1.82) is 10.7 Å². The number of nitrogens with two attached hydrogens (primary N) is 1. The number of methoxy groups -OCH3 is 1. The SMILES string of the molecule is CO[C@@H](C)/C(Nc1cccc(C#N)c1)=C(\N)C=N. The third kappa shape index (κ3) is 3.34. The molecule has 0 aromatic heterocycles. The number of rotatable bonds is 5. The Bertz CT molecular complexity index is 502. The van der Waals surface area contributed by atoms with Crippen molar-refractivity contribution in [1.82, 2.24) is 0 Å². The number of hydrogen-bond donors (Lipinski definition) is 3. The van der Waals surface area contributed by atoms with Crippen molar-refractivity contribution in [2.75, 3.05) is 12.4 Å². The molecule has 0 saturated heterocycles. The molecule has 1 aromatic carbocycles. The zero-order chi connectivity index (χ0) is 13.5. The molecular weight excluding hydrogens is 228 g/mol. The predicted octanol–water partition coefficient (Wildman–Crippen LogP) is 1.82. The summed E-state index contributed by atoms with van der Waals surface area (Å²) >= 11 is 0. The van der Waals surface area contributed by atoms with Crippen LogP contribution in [0.4, 0.5) is 5.69 Å². The van der Waals surface area contributed by atoms with Gasteiger partial charge in [0, 0.05) is 19.0 Å². The van der Waals surface area contributed by atoms with Crippen molar-refractivity contribution in [3.8, 4) is 6.07 Å². The minimum atomic E-state index is -0.266. The fraction of sp³-hybridized carbons (Fsp3) is 0.231. The summed E-state index contributed by atoms with van der Waals surface area (Å²) in [6.07, 6.45) is 0.795. The lowest BCUT2D eigenvalue weighted by molar-refractivity contribution is 0.147. The third-order valence-electron chi connectivity index (χ3n) is 2.50. The molecule has 5 heteroatoms. The van der Waals surface area contributed by atoms with Gasteiger partial charge in [-0.05, 0) is 25.1 Å². The summed E-state index contributed by atoms with van der Waals surface area (Å²) < 4.78 is 5.20. The number of hydrogen-bond acceptors (Lipinski definition) is 5. The van der Waals surface area contributed by atoms with Gasteiger partial charge in [-0.15, -0.1) is 0 Å². The van der Waals surface area contributed by atoms with Crippen LogP contribution in [-0.2, 0) is 4.74 Å². The molecule has 0 saturated carbocycles. The van der Waals surface area contributed by atoms with E-state index in [-0.39, 0.29) is 6.10 Å². The molecule has 0 aliphatic rings. The number of benzene rings is 1. The maximum atomic E-state index is 8.83. The standard InChI is InChI=1S/C13H16N4O/c1-9(18-2)13(12(16)8-15)17-11-5-3-4-10(6-11)7-14/h3-6,8-9,15,17H,16H2,1-2H3/b13-12+,15-8?/t9-/m0/s1. The summed E-state index contributed by atoms with van der Waals surface area (Å²) in [5, 5.41) is 19.1. The summed E-state index contributed by atoms with van der Waals surface area (Å²) in [5.41, 5.74) is 7.93. The Morgan fingerprint density at radius 1 is 1.61 bits per heavy atom. The second kappa shape index (κ2) is 6.42. The van der Waals surface area contributed by atoms with Crippen LogP contribution in [-0.4, -0.2) is 19.4 Å². The van der Waals surface area contributed by atoms with E-state index >= 15 is 0 Å². The second-order valence-corrected chi connectivity index (χ2v) is 3.71. The van der Waals surface area contributed by atoms with Crippen molar-refractivity contribution >= 4 is 11.9 Å². The summed E-state index contributed by atoms with van der Waals surface area (Å²) in [5.74, 6) is 0. The van der Waals surface area contributed by atoms with E-state index in [1.54, 1.807) is 25.3 Å². The topological polar surface area (TPSA) is 94.9 Å². The van der Waals surface area contributed by atoms with Crippen LogP contribution in [0.15, 0.2) is 35.7 Å². The Morgan fingerprint density at radius 3 is 2.89 bits per heavy atom. The second-order valence-electron chi connectivity index (χ2n) is 3.71. The van der Waals surface area contributed by atoms with Gasteiger partial charge in [0.15, 0.2) is 0 Å². The molecule has 5 nitrogen and oxygen atoms in total. The highest BCUT2D eigenvalue weighted by Gasteiger charge is 2.11. The maximum Gasteiger partial charge on any atom is 0.0992 e. The Hall–Kier alpha value is -2.32. The van der Waals surface area contributed by atoms with Gasteiger partial charge in [-0.25, -0.2) is 0 Å². The van der Waals surface area contributed by atoms with Crippen molar-refractivity contribution in [2.45, 2.75) is 13.0 Å². The zero-order valence-electron chi connectivity index (χ0n) is 10.4. The molecule has 0 spiro atoms. The number of anilines is 1. The third-order valence-corrected chi connectivity index (χ3v) is 2.50. The molecule has 18 heavy (non-hydrogen) atoms. The van der Waals surface area contributed by atoms with E-state index in [2.05, 4.69) is 11.4 Å². The molecule has 94 valence electrons. The molecule has 0 aliphatic carbocycles. The molecule has 0 heterocycles. The van der Waals surface area contributed by atoms with Gasteiger partial charge in [-0.2, -0.15) is 5.26 Å². The summed E-state index contributed by atoms with van der Waals surface area (Å²) in [4.78, 5) is 0. The molecule has 1 aromatic rings. The highest BCUT2D eigenvalue weighted by atomic mass is 16.5. The number of nitrogens with one attached hydrogen (secondary N) is 2. The Morgan fingerprint density at radius 2 is 2.33 bits per heavy atom. The number of allylic oxidation sites excluding steroid dienone is 1. The van der Waals surface area contributed by atoms with E-state index < -0.39 is 0 Å². The van der Waals surface area contributed by atoms with Gasteiger partial charge in [-0.3, -0.25) is 0 Å². The first-order valence-corrected chi connectivity index (χ1v) is 5.42. The highest BCUT2D eigenvalue weighted by molar-refractivity contribution is 5.77. The molecule has 1 atom stereocenters. The van der Waals surface area contributed by atoms with Crippen LogP contribution < -0.4 is 11.1 Å². The highest BCUT2D eigenvalue weighted by Crippen LogP contribution is 2.16. The predicted molar refractivity (Wildman–Crippen MR) is 71.2 cm³/mol. The normalized spacial score (nSPS) is 13.2. The average molecular weight is 244 g/mol. The molecule has 0 radical (unpaired) electrons. The summed E-state index contributed by atoms with van der Waals surface area (Å²) in [6.45, 7) is 1.83. The zero-order valence-corrected chi connectivity index (χ0v) is 10.4. The Labute approximate surface area is 106 Å². The van der Waals surface area contributed by atoms with Gasteiger partial charge >= 0.3 is 0 Å². The van der Waals surface area contributed by atoms with E-state index in [9.17, 15) is 0 Å². The van der Waals surface area contributed by atoms with Crippen LogP contribution in [0.25, 0.3) is 0 Å². The van der Waals surface area contributed by atoms with Crippen molar-refractivity contribution in [3.05, 3.63) is 41.2 Å². The van der Waals surface area contributed by atoms with Crippen LogP contribution in [0.1, 0.15) is 12.5 Å². The van der Waals surface area contributed by atoms with Crippen LogP contribution in [0, 0.1) is 16.7 Å². The minimum Gasteiger partial charge on any atom is -0.396 e. The van der Waals surface area contributed by atoms with Gasteiger partial charge in [0.2, 0.25) is 0 Å². The molecule has 0 unspecified atom stereocenters. The Balaban J connectivity index is 3.04. The molecule has 0 fully saturated rings. The fourth-order valence-corrected chi connectivity index (χ4v) is 1.43. The van der Waals surface area contributed by atoms with E-state index in [4.69, 9.17) is 21.1 Å². The van der Waals surface area contributed by atoms with Crippen molar-refractivity contribution in [2.24, 2.45) is 5.73 Å². The first-order valence-electron chi connectivity index (χ1n) is 5.42. The summed E-state index contributed by atoms with van der Waals surface area (Å²) in [6, 6.07) is 9.08. The molecule has 0 amide bonds. The fourth-order valence-electron chi connectivity index (χ4n) is 1.43. The molecular formula is C13H16N4O. The molecule has 1 rings (SSSR count). The van der Waals surface area contributed by atoms with Gasteiger partial charge in [-0.1, -0.05) is 6.07 Å². The first kappa shape index (κ1) is 13.7. The van der Waals surface area contributed by atoms with Crippen LogP contribution in [0.5, 0.6) is 0 Å². The van der Waals surface area contributed by atoms with E-state index in [1.807, 2.05) is 13.0 Å². The van der Waals surface area contributed by atoms with Crippen molar-refractivity contribution in [3.63, 3.8) is 0 Å². The number of nitrogens with zero attached hydrogens (tertiary/aromatic N) is 1. The van der Waals surface area contributed by atoms with Gasteiger partial charge in [0.1, 0.15) is 0 Å². The van der Waals surface area contributed by atoms with Crippen LogP contribution >= 0.6 is 0 Å². The lowest BCUT2D eigenvalue weighted by Crippen LogP contribution is -2.22. The monoisotopic (exact) mass is 244 g/mol. The number of nitriles is 1. The average Bonchev–Trinajstić information content (AvgIpc) is 2.43. The van der Waals surface area contributed by atoms with E-state index in [0.29, 0.717) is 17.0 Å². The van der Waals surface area contributed by atoms with Gasteiger partial charge in [0.25, 0.3) is 0 Å². The van der Waals surface area contributed by atoms with Gasteiger partial charge in [0.05, 0.1) is 29.1 Å². The van der Waals surface area contributed by atoms with E-state index in [1.165, 1.54) is 0 Å². The molecule has 0 aliphatic heterocycles. The van der Waals surface area contributed by atoms with Crippen LogP contribution in [0.3, 0.4) is 0 Å². The minimum absolute atomic E-state index is 0.266. The lowest BCUT2D eigenvalue weighted by Gasteiger charge is -2.18. The summed E-state index contributed by atoms with van der Waals surface area (Å²) in [7, 11) is 1.56. The van der Waals surface area contributed by atoms with Gasteiger partial charge < -0.3 is 21.2 Å². The van der Waals surface area contributed by atoms with E-state index in [0.717, 1.165) is 11.9 Å². The first-order chi connectivity index (χ1) is 8.62. The van der Waals surface area contributed by atoms with Crippen LogP contribution in [0.2, 0.25) is 0 Å². The largest absolute Gasteiger partial charge is 0.396 e. The number of ether oxygens (including phenoxy) is 1. The Kier molecular flexibility index (Phi) is 4.90. The molecule has 4 N–H and O–H groups in total. The quantitative estimate of drug-likeness (QED) is 0.688. The molecule has 0 bridgehead atoms. The lowest BCUT2D eigenvalue weighted by atomic mass is 10.2. The smallest absolute Gasteiger partial charge is 0.0992 e. The van der Waals surface area contributed by atoms with Crippen molar-refractivity contribution < 1.29 is 4.74 Å². The maximum absolute atomic E-state index is 8.83.